The van der Waals surface area contributed by atoms with E-state index in [9.17, 15) is 4.39 Å². The molecule has 0 aliphatic carbocycles. The SMILES string of the molecule is Cc1ccc(CSc2nc(C)cc(Oc3ccccc3F)n2)cc1. The molecule has 3 aromatic rings. The van der Waals surface area contributed by atoms with E-state index in [0.29, 0.717) is 11.0 Å². The van der Waals surface area contributed by atoms with Gasteiger partial charge in [0.25, 0.3) is 0 Å². The van der Waals surface area contributed by atoms with Crippen LogP contribution in [-0.2, 0) is 5.75 Å². The van der Waals surface area contributed by atoms with Gasteiger partial charge in [0, 0.05) is 17.5 Å². The molecular weight excluding hydrogens is 323 g/mol. The van der Waals surface area contributed by atoms with Crippen molar-refractivity contribution in [2.75, 3.05) is 0 Å². The van der Waals surface area contributed by atoms with E-state index in [2.05, 4.69) is 41.2 Å². The maximum atomic E-state index is 13.7. The van der Waals surface area contributed by atoms with E-state index in [-0.39, 0.29) is 5.75 Å². The van der Waals surface area contributed by atoms with Crippen LogP contribution in [0.25, 0.3) is 0 Å². The quantitative estimate of drug-likeness (QED) is 0.465. The monoisotopic (exact) mass is 340 g/mol. The summed E-state index contributed by atoms with van der Waals surface area (Å²) in [6.07, 6.45) is 0. The summed E-state index contributed by atoms with van der Waals surface area (Å²) in [5.74, 6) is 0.856. The zero-order chi connectivity index (χ0) is 16.9. The Balaban J connectivity index is 1.74. The van der Waals surface area contributed by atoms with Gasteiger partial charge >= 0.3 is 0 Å². The van der Waals surface area contributed by atoms with E-state index in [0.717, 1.165) is 11.4 Å². The lowest BCUT2D eigenvalue weighted by Gasteiger charge is -2.08. The number of ether oxygens (including phenoxy) is 1. The van der Waals surface area contributed by atoms with Gasteiger partial charge in [0.2, 0.25) is 5.88 Å². The Morgan fingerprint density at radius 3 is 2.50 bits per heavy atom. The molecule has 0 fully saturated rings. The Hall–Kier alpha value is -2.40. The Morgan fingerprint density at radius 2 is 1.75 bits per heavy atom. The average molecular weight is 340 g/mol. The molecule has 0 aliphatic heterocycles. The summed E-state index contributed by atoms with van der Waals surface area (Å²) in [5, 5.41) is 0.613. The largest absolute Gasteiger partial charge is 0.436 e. The normalized spacial score (nSPS) is 10.6. The smallest absolute Gasteiger partial charge is 0.223 e. The van der Waals surface area contributed by atoms with Gasteiger partial charge in [-0.05, 0) is 31.5 Å². The number of para-hydroxylation sites is 1. The first-order chi connectivity index (χ1) is 11.6. The van der Waals surface area contributed by atoms with Crippen LogP contribution in [0.5, 0.6) is 11.6 Å². The molecule has 2 aromatic carbocycles. The topological polar surface area (TPSA) is 35.0 Å². The summed E-state index contributed by atoms with van der Waals surface area (Å²) < 4.78 is 19.3. The first kappa shape index (κ1) is 16.5. The van der Waals surface area contributed by atoms with Gasteiger partial charge in [-0.15, -0.1) is 0 Å². The number of thioether (sulfide) groups is 1. The van der Waals surface area contributed by atoms with E-state index in [1.54, 1.807) is 24.3 Å². The standard InChI is InChI=1S/C19H17FN2OS/c1-13-7-9-15(10-8-13)12-24-19-21-14(2)11-18(22-19)23-17-6-4-3-5-16(17)20/h3-11H,12H2,1-2H3. The van der Waals surface area contributed by atoms with Crippen molar-refractivity contribution < 1.29 is 9.13 Å². The van der Waals surface area contributed by atoms with Crippen LogP contribution in [0.2, 0.25) is 0 Å². The number of aromatic nitrogens is 2. The molecule has 24 heavy (non-hydrogen) atoms. The first-order valence-electron chi connectivity index (χ1n) is 7.56. The molecule has 0 aliphatic rings. The minimum atomic E-state index is -0.414. The van der Waals surface area contributed by atoms with Crippen LogP contribution in [0.4, 0.5) is 4.39 Å². The second kappa shape index (κ2) is 7.45. The number of hydrogen-bond donors (Lipinski definition) is 0. The van der Waals surface area contributed by atoms with Gasteiger partial charge in [0.1, 0.15) is 0 Å². The van der Waals surface area contributed by atoms with Gasteiger partial charge in [-0.2, -0.15) is 4.98 Å². The molecule has 122 valence electrons. The Morgan fingerprint density at radius 1 is 1.00 bits per heavy atom. The maximum absolute atomic E-state index is 13.7. The zero-order valence-electron chi connectivity index (χ0n) is 13.5. The van der Waals surface area contributed by atoms with Crippen molar-refractivity contribution in [2.45, 2.75) is 24.8 Å². The number of halogens is 1. The highest BCUT2D eigenvalue weighted by Gasteiger charge is 2.08. The molecule has 0 spiro atoms. The third-order valence-corrected chi connectivity index (χ3v) is 4.27. The molecule has 3 nitrogen and oxygen atoms in total. The molecule has 5 heteroatoms. The van der Waals surface area contributed by atoms with E-state index in [1.807, 2.05) is 6.92 Å². The lowest BCUT2D eigenvalue weighted by atomic mass is 10.2. The maximum Gasteiger partial charge on any atom is 0.223 e. The molecule has 0 saturated carbocycles. The van der Waals surface area contributed by atoms with Crippen molar-refractivity contribution in [3.63, 3.8) is 0 Å². The highest BCUT2D eigenvalue weighted by molar-refractivity contribution is 7.98. The molecule has 0 saturated heterocycles. The van der Waals surface area contributed by atoms with Crippen molar-refractivity contribution in [1.82, 2.24) is 9.97 Å². The fraction of sp³-hybridized carbons (Fsp3) is 0.158. The Kier molecular flexibility index (Phi) is 5.11. The van der Waals surface area contributed by atoms with E-state index in [4.69, 9.17) is 4.74 Å². The summed E-state index contributed by atoms with van der Waals surface area (Å²) in [7, 11) is 0. The van der Waals surface area contributed by atoms with Crippen LogP contribution >= 0.6 is 11.8 Å². The molecule has 0 N–H and O–H groups in total. The van der Waals surface area contributed by atoms with Crippen molar-refractivity contribution in [2.24, 2.45) is 0 Å². The fourth-order valence-electron chi connectivity index (χ4n) is 2.10. The number of nitrogens with zero attached hydrogens (tertiary/aromatic N) is 2. The van der Waals surface area contributed by atoms with Crippen molar-refractivity contribution >= 4 is 11.8 Å². The van der Waals surface area contributed by atoms with Gasteiger partial charge in [0.15, 0.2) is 16.7 Å². The molecule has 3 rings (SSSR count). The summed E-state index contributed by atoms with van der Waals surface area (Å²) in [6, 6.07) is 16.3. The highest BCUT2D eigenvalue weighted by Crippen LogP contribution is 2.26. The highest BCUT2D eigenvalue weighted by atomic mass is 32.2. The third kappa shape index (κ3) is 4.32. The number of rotatable bonds is 5. The second-order valence-corrected chi connectivity index (χ2v) is 6.38. The van der Waals surface area contributed by atoms with Gasteiger partial charge < -0.3 is 4.74 Å². The molecule has 0 unspecified atom stereocenters. The zero-order valence-corrected chi connectivity index (χ0v) is 14.3. The molecular formula is C19H17FN2OS. The van der Waals surface area contributed by atoms with Gasteiger partial charge in [0.05, 0.1) is 0 Å². The van der Waals surface area contributed by atoms with E-state index >= 15 is 0 Å². The molecule has 0 radical (unpaired) electrons. The van der Waals surface area contributed by atoms with Crippen LogP contribution < -0.4 is 4.74 Å². The molecule has 0 bridgehead atoms. The minimum Gasteiger partial charge on any atom is -0.436 e. The van der Waals surface area contributed by atoms with Crippen LogP contribution in [0, 0.1) is 19.7 Å². The molecule has 0 amide bonds. The molecule has 1 aromatic heterocycles. The van der Waals surface area contributed by atoms with Gasteiger partial charge in [-0.25, -0.2) is 9.37 Å². The summed E-state index contributed by atoms with van der Waals surface area (Å²) in [4.78, 5) is 8.77. The van der Waals surface area contributed by atoms with Crippen LogP contribution in [0.1, 0.15) is 16.8 Å². The van der Waals surface area contributed by atoms with Crippen molar-refractivity contribution in [3.05, 3.63) is 77.2 Å². The van der Waals surface area contributed by atoms with Crippen molar-refractivity contribution in [1.29, 1.82) is 0 Å². The lowest BCUT2D eigenvalue weighted by molar-refractivity contribution is 0.421. The molecule has 1 heterocycles. The summed E-state index contributed by atoms with van der Waals surface area (Å²) >= 11 is 1.53. The summed E-state index contributed by atoms with van der Waals surface area (Å²) in [6.45, 7) is 3.93. The molecule has 0 atom stereocenters. The van der Waals surface area contributed by atoms with Gasteiger partial charge in [-0.3, -0.25) is 0 Å². The number of hydrogen-bond acceptors (Lipinski definition) is 4. The predicted molar refractivity (Wildman–Crippen MR) is 94.0 cm³/mol. The Bertz CT molecular complexity index is 837. The number of benzene rings is 2. The first-order valence-corrected chi connectivity index (χ1v) is 8.55. The average Bonchev–Trinajstić information content (AvgIpc) is 2.56. The van der Waals surface area contributed by atoms with Crippen LogP contribution in [0.3, 0.4) is 0 Å². The van der Waals surface area contributed by atoms with E-state index < -0.39 is 5.82 Å². The lowest BCUT2D eigenvalue weighted by Crippen LogP contribution is -1.96. The van der Waals surface area contributed by atoms with Crippen molar-refractivity contribution in [3.8, 4) is 11.6 Å². The van der Waals surface area contributed by atoms with Crippen LogP contribution in [0.15, 0.2) is 59.8 Å². The Labute approximate surface area is 144 Å². The minimum absolute atomic E-state index is 0.157. The summed E-state index contributed by atoms with van der Waals surface area (Å²) in [5.41, 5.74) is 3.21. The fourth-order valence-corrected chi connectivity index (χ4v) is 2.95. The number of aryl methyl sites for hydroxylation is 2. The predicted octanol–water partition coefficient (Wildman–Crippen LogP) is 5.32. The van der Waals surface area contributed by atoms with Gasteiger partial charge in [-0.1, -0.05) is 53.7 Å². The third-order valence-electron chi connectivity index (χ3n) is 3.35. The van der Waals surface area contributed by atoms with Crippen LogP contribution in [-0.4, -0.2) is 9.97 Å². The second-order valence-electron chi connectivity index (χ2n) is 5.44. The van der Waals surface area contributed by atoms with E-state index in [1.165, 1.54) is 29.0 Å².